The molecule has 2 unspecified atom stereocenters. The summed E-state index contributed by atoms with van der Waals surface area (Å²) in [6.07, 6.45) is 3.03. The van der Waals surface area contributed by atoms with Crippen LogP contribution in [0.25, 0.3) is 0 Å². The van der Waals surface area contributed by atoms with Gasteiger partial charge in [0.05, 0.1) is 0 Å². The fourth-order valence-electron chi connectivity index (χ4n) is 3.83. The van der Waals surface area contributed by atoms with Crippen molar-refractivity contribution in [2.24, 2.45) is 5.92 Å². The molecule has 3 aliphatic rings. The lowest BCUT2D eigenvalue weighted by molar-refractivity contribution is -0.136. The van der Waals surface area contributed by atoms with E-state index in [1.807, 2.05) is 6.92 Å². The first-order valence-electron chi connectivity index (χ1n) is 7.02. The van der Waals surface area contributed by atoms with E-state index < -0.39 is 0 Å². The van der Waals surface area contributed by atoms with E-state index in [4.69, 9.17) is 0 Å². The van der Waals surface area contributed by atoms with E-state index in [1.54, 1.807) is 0 Å². The molecule has 3 fully saturated rings. The van der Waals surface area contributed by atoms with E-state index in [9.17, 15) is 4.79 Å². The quantitative estimate of drug-likeness (QED) is 0.813. The van der Waals surface area contributed by atoms with Crippen molar-refractivity contribution in [2.75, 3.05) is 7.05 Å². The third-order valence-electron chi connectivity index (χ3n) is 4.93. The molecule has 1 aromatic carbocycles. The molecule has 4 atom stereocenters. The molecule has 2 nitrogen and oxygen atoms in total. The van der Waals surface area contributed by atoms with Gasteiger partial charge in [-0.05, 0) is 31.4 Å². The Morgan fingerprint density at radius 3 is 2.61 bits per heavy atom. The molecule has 2 heteroatoms. The zero-order chi connectivity index (χ0) is 12.7. The number of piperidine rings is 1. The predicted molar refractivity (Wildman–Crippen MR) is 72.5 cm³/mol. The summed E-state index contributed by atoms with van der Waals surface area (Å²) in [6.45, 7) is 2.00. The molecule has 0 spiro atoms. The Kier molecular flexibility index (Phi) is 2.98. The topological polar surface area (TPSA) is 20.3 Å². The minimum Gasteiger partial charge on any atom is -0.300 e. The lowest BCUT2D eigenvalue weighted by Gasteiger charge is -2.57. The summed E-state index contributed by atoms with van der Waals surface area (Å²) in [7, 11) is 2.18. The van der Waals surface area contributed by atoms with Crippen LogP contribution in [0.2, 0.25) is 0 Å². The van der Waals surface area contributed by atoms with Crippen LogP contribution in [-0.4, -0.2) is 29.8 Å². The van der Waals surface area contributed by atoms with Gasteiger partial charge in [0.15, 0.2) is 0 Å². The first-order chi connectivity index (χ1) is 8.72. The van der Waals surface area contributed by atoms with Crippen molar-refractivity contribution in [3.8, 4) is 0 Å². The van der Waals surface area contributed by atoms with Gasteiger partial charge in [0.1, 0.15) is 5.78 Å². The lowest BCUT2D eigenvalue weighted by atomic mass is 9.63. The van der Waals surface area contributed by atoms with Crippen LogP contribution in [0.1, 0.15) is 37.7 Å². The van der Waals surface area contributed by atoms with E-state index in [-0.39, 0.29) is 5.92 Å². The number of nitrogens with zero attached hydrogens (tertiary/aromatic N) is 1. The Morgan fingerprint density at radius 2 is 2.00 bits per heavy atom. The SMILES string of the molecule is CCC(=O)C1C2C[C@@H](C[C@@H]1c1ccccc1)N2C. The number of carbonyl (C=O) groups excluding carboxylic acids is 1. The minimum absolute atomic E-state index is 0.215. The molecule has 2 aliphatic heterocycles. The molecular weight excluding hydrogens is 222 g/mol. The van der Waals surface area contributed by atoms with Gasteiger partial charge in [-0.1, -0.05) is 37.3 Å². The molecule has 2 saturated heterocycles. The summed E-state index contributed by atoms with van der Waals surface area (Å²) in [5.74, 6) is 1.10. The summed E-state index contributed by atoms with van der Waals surface area (Å²) in [5, 5.41) is 0. The van der Waals surface area contributed by atoms with Crippen LogP contribution in [-0.2, 0) is 4.79 Å². The van der Waals surface area contributed by atoms with Gasteiger partial charge in [-0.3, -0.25) is 9.69 Å². The van der Waals surface area contributed by atoms with E-state index in [0.717, 1.165) is 6.42 Å². The summed E-state index contributed by atoms with van der Waals surface area (Å²) >= 11 is 0. The highest BCUT2D eigenvalue weighted by Gasteiger charge is 2.51. The number of carbonyl (C=O) groups is 1. The van der Waals surface area contributed by atoms with Gasteiger partial charge in [-0.2, -0.15) is 0 Å². The van der Waals surface area contributed by atoms with Crippen molar-refractivity contribution >= 4 is 5.78 Å². The van der Waals surface area contributed by atoms with Crippen LogP contribution in [0.5, 0.6) is 0 Å². The molecule has 4 rings (SSSR count). The lowest BCUT2D eigenvalue weighted by Crippen LogP contribution is -2.64. The average molecular weight is 243 g/mol. The summed E-state index contributed by atoms with van der Waals surface area (Å²) < 4.78 is 0. The maximum atomic E-state index is 12.3. The van der Waals surface area contributed by atoms with Gasteiger partial charge in [-0.25, -0.2) is 0 Å². The van der Waals surface area contributed by atoms with Crippen molar-refractivity contribution in [3.63, 3.8) is 0 Å². The monoisotopic (exact) mass is 243 g/mol. The maximum Gasteiger partial charge on any atom is 0.137 e. The summed E-state index contributed by atoms with van der Waals surface area (Å²) in [6, 6.07) is 11.8. The van der Waals surface area contributed by atoms with Crippen LogP contribution in [0.4, 0.5) is 0 Å². The van der Waals surface area contributed by atoms with Crippen LogP contribution in [0.3, 0.4) is 0 Å². The van der Waals surface area contributed by atoms with Gasteiger partial charge in [0, 0.05) is 24.4 Å². The highest BCUT2D eigenvalue weighted by Crippen LogP contribution is 2.49. The second kappa shape index (κ2) is 4.51. The van der Waals surface area contributed by atoms with E-state index in [0.29, 0.717) is 30.2 Å². The molecule has 1 saturated carbocycles. The number of ketones is 1. The van der Waals surface area contributed by atoms with E-state index in [2.05, 4.69) is 42.3 Å². The molecule has 0 amide bonds. The molecule has 96 valence electrons. The number of rotatable bonds is 3. The minimum atomic E-state index is 0.215. The Balaban J connectivity index is 1.91. The average Bonchev–Trinajstić information content (AvgIpc) is 2.45. The molecule has 1 aromatic rings. The van der Waals surface area contributed by atoms with Gasteiger partial charge < -0.3 is 0 Å². The zero-order valence-electron chi connectivity index (χ0n) is 11.2. The second-order valence-electron chi connectivity index (χ2n) is 5.72. The first kappa shape index (κ1) is 11.9. The van der Waals surface area contributed by atoms with Crippen molar-refractivity contribution in [1.29, 1.82) is 0 Å². The molecule has 2 heterocycles. The number of benzene rings is 1. The van der Waals surface area contributed by atoms with E-state index in [1.165, 1.54) is 12.0 Å². The van der Waals surface area contributed by atoms with E-state index >= 15 is 0 Å². The fraction of sp³-hybridized carbons (Fsp3) is 0.562. The molecule has 1 aliphatic carbocycles. The highest BCUT2D eigenvalue weighted by molar-refractivity contribution is 5.83. The van der Waals surface area contributed by atoms with Crippen LogP contribution >= 0.6 is 0 Å². The van der Waals surface area contributed by atoms with Crippen LogP contribution < -0.4 is 0 Å². The van der Waals surface area contributed by atoms with Crippen molar-refractivity contribution < 1.29 is 4.79 Å². The van der Waals surface area contributed by atoms with Crippen LogP contribution in [0, 0.1) is 5.92 Å². The van der Waals surface area contributed by atoms with Crippen LogP contribution in [0.15, 0.2) is 30.3 Å². The smallest absolute Gasteiger partial charge is 0.137 e. The largest absolute Gasteiger partial charge is 0.300 e. The fourth-order valence-corrected chi connectivity index (χ4v) is 3.83. The summed E-state index contributed by atoms with van der Waals surface area (Å²) in [5.41, 5.74) is 1.35. The summed E-state index contributed by atoms with van der Waals surface area (Å²) in [4.78, 5) is 14.7. The van der Waals surface area contributed by atoms with Gasteiger partial charge in [-0.15, -0.1) is 0 Å². The molecule has 0 N–H and O–H groups in total. The van der Waals surface area contributed by atoms with Crippen molar-refractivity contribution in [2.45, 2.75) is 44.2 Å². The van der Waals surface area contributed by atoms with Gasteiger partial charge in [0.25, 0.3) is 0 Å². The number of hydrogen-bond donors (Lipinski definition) is 0. The zero-order valence-corrected chi connectivity index (χ0v) is 11.2. The highest BCUT2D eigenvalue weighted by atomic mass is 16.1. The number of fused-ring (bicyclic) bond motifs is 2. The number of Topliss-reactive ketones (excluding diaryl/α,β-unsaturated/α-hetero) is 1. The van der Waals surface area contributed by atoms with Crippen molar-refractivity contribution in [1.82, 2.24) is 4.90 Å². The normalized spacial score (nSPS) is 35.0. The standard InChI is InChI=1S/C16H21NO/c1-3-15(18)16-13(11-7-5-4-6-8-11)9-12-10-14(16)17(12)2/h4-8,12-14,16H,3,9-10H2,1-2H3/t12-,13-,14?,16?/m1/s1. The first-order valence-corrected chi connectivity index (χ1v) is 7.02. The second-order valence-corrected chi connectivity index (χ2v) is 5.72. The van der Waals surface area contributed by atoms with Crippen molar-refractivity contribution in [3.05, 3.63) is 35.9 Å². The Hall–Kier alpha value is -1.15. The van der Waals surface area contributed by atoms with Gasteiger partial charge >= 0.3 is 0 Å². The maximum absolute atomic E-state index is 12.3. The third kappa shape index (κ3) is 1.71. The Bertz CT molecular complexity index is 442. The third-order valence-corrected chi connectivity index (χ3v) is 4.93. The molecular formula is C16H21NO. The molecule has 18 heavy (non-hydrogen) atoms. The molecule has 0 radical (unpaired) electrons. The Morgan fingerprint density at radius 1 is 1.28 bits per heavy atom. The predicted octanol–water partition coefficient (Wildman–Crippen LogP) is 2.84. The van der Waals surface area contributed by atoms with Gasteiger partial charge in [0.2, 0.25) is 0 Å². The molecule has 0 aromatic heterocycles. The Labute approximate surface area is 109 Å². The molecule has 2 bridgehead atoms. The number of hydrogen-bond acceptors (Lipinski definition) is 2.